The molecule has 0 N–H and O–H groups in total. The minimum absolute atomic E-state index is 0.00735. The van der Waals surface area contributed by atoms with E-state index in [0.717, 1.165) is 25.7 Å². The fraction of sp³-hybridized carbons (Fsp3) is 0.750. The van der Waals surface area contributed by atoms with Crippen LogP contribution in [-0.2, 0) is 19.1 Å². The van der Waals surface area contributed by atoms with Crippen molar-refractivity contribution in [1.29, 1.82) is 0 Å². The summed E-state index contributed by atoms with van der Waals surface area (Å²) in [6.07, 6.45) is 5.32. The van der Waals surface area contributed by atoms with Gasteiger partial charge in [0.05, 0.1) is 6.42 Å². The fourth-order valence-electron chi connectivity index (χ4n) is 4.22. The summed E-state index contributed by atoms with van der Waals surface area (Å²) in [5.41, 5.74) is 2.80. The van der Waals surface area contributed by atoms with E-state index in [2.05, 4.69) is 6.92 Å². The van der Waals surface area contributed by atoms with Crippen LogP contribution in [0.5, 0.6) is 0 Å². The topological polar surface area (TPSA) is 52.6 Å². The number of rotatable bonds is 1. The summed E-state index contributed by atoms with van der Waals surface area (Å²) in [5.74, 6) is -0.000169. The molecule has 1 aliphatic heterocycles. The Labute approximate surface area is 119 Å². The number of hydrogen-bond acceptors (Lipinski definition) is 4. The van der Waals surface area contributed by atoms with Gasteiger partial charge < -0.3 is 9.47 Å². The van der Waals surface area contributed by atoms with Crippen LogP contribution >= 0.6 is 0 Å². The molecule has 4 atom stereocenters. The number of carbonyl (C=O) groups excluding carboxylic acids is 2. The third kappa shape index (κ3) is 2.36. The molecule has 0 amide bonds. The SMILES string of the molecule is CC(=O)O[C@H]1CC(C)=C2CCCC[C@@H]3OC(=O)C[C@H]1[C@@H]23. The Morgan fingerprint density at radius 3 is 2.85 bits per heavy atom. The van der Waals surface area contributed by atoms with E-state index in [1.807, 2.05) is 0 Å². The third-order valence-electron chi connectivity index (χ3n) is 4.98. The highest BCUT2D eigenvalue weighted by molar-refractivity contribution is 5.72. The lowest BCUT2D eigenvalue weighted by Crippen LogP contribution is -2.48. The van der Waals surface area contributed by atoms with E-state index in [0.29, 0.717) is 6.42 Å². The molecule has 1 saturated carbocycles. The van der Waals surface area contributed by atoms with Crippen LogP contribution in [0, 0.1) is 11.8 Å². The van der Waals surface area contributed by atoms with Gasteiger partial charge in [0.1, 0.15) is 12.2 Å². The minimum Gasteiger partial charge on any atom is -0.462 e. The van der Waals surface area contributed by atoms with E-state index in [-0.39, 0.29) is 36.0 Å². The molecule has 1 heterocycles. The van der Waals surface area contributed by atoms with Crippen molar-refractivity contribution in [3.63, 3.8) is 0 Å². The quantitative estimate of drug-likeness (QED) is 0.546. The maximum atomic E-state index is 11.9. The van der Waals surface area contributed by atoms with Gasteiger partial charge in [-0.3, -0.25) is 9.59 Å². The van der Waals surface area contributed by atoms with E-state index in [1.165, 1.54) is 24.5 Å². The molecule has 0 aromatic rings. The van der Waals surface area contributed by atoms with Crippen molar-refractivity contribution < 1.29 is 19.1 Å². The monoisotopic (exact) mass is 278 g/mol. The Kier molecular flexibility index (Phi) is 3.57. The Morgan fingerprint density at radius 1 is 1.30 bits per heavy atom. The molecule has 0 unspecified atom stereocenters. The van der Waals surface area contributed by atoms with Gasteiger partial charge in [-0.15, -0.1) is 0 Å². The van der Waals surface area contributed by atoms with Gasteiger partial charge in [-0.2, -0.15) is 0 Å². The van der Waals surface area contributed by atoms with Crippen molar-refractivity contribution in [2.75, 3.05) is 0 Å². The van der Waals surface area contributed by atoms with Crippen molar-refractivity contribution in [3.8, 4) is 0 Å². The highest BCUT2D eigenvalue weighted by Crippen LogP contribution is 2.48. The van der Waals surface area contributed by atoms with Gasteiger partial charge in [-0.05, 0) is 32.6 Å². The van der Waals surface area contributed by atoms with Crippen molar-refractivity contribution in [1.82, 2.24) is 0 Å². The van der Waals surface area contributed by atoms with Gasteiger partial charge in [0.2, 0.25) is 0 Å². The Bertz CT molecular complexity index is 465. The van der Waals surface area contributed by atoms with Crippen LogP contribution < -0.4 is 0 Å². The summed E-state index contributed by atoms with van der Waals surface area (Å²) in [6, 6.07) is 0. The maximum Gasteiger partial charge on any atom is 0.306 e. The molecular weight excluding hydrogens is 256 g/mol. The predicted octanol–water partition coefficient (Wildman–Crippen LogP) is 2.76. The molecule has 110 valence electrons. The van der Waals surface area contributed by atoms with E-state index in [1.54, 1.807) is 0 Å². The first kappa shape index (κ1) is 13.7. The summed E-state index contributed by atoms with van der Waals surface area (Å²) >= 11 is 0. The zero-order chi connectivity index (χ0) is 14.3. The lowest BCUT2D eigenvalue weighted by Gasteiger charge is -2.45. The van der Waals surface area contributed by atoms with Gasteiger partial charge in [0.15, 0.2) is 0 Å². The largest absolute Gasteiger partial charge is 0.462 e. The van der Waals surface area contributed by atoms with Crippen molar-refractivity contribution in [2.45, 2.75) is 64.6 Å². The maximum absolute atomic E-state index is 11.9. The van der Waals surface area contributed by atoms with Crippen LogP contribution in [0.25, 0.3) is 0 Å². The van der Waals surface area contributed by atoms with Crippen LogP contribution in [0.3, 0.4) is 0 Å². The Hall–Kier alpha value is -1.32. The molecule has 0 radical (unpaired) electrons. The lowest BCUT2D eigenvalue weighted by atomic mass is 9.68. The second kappa shape index (κ2) is 5.23. The molecule has 0 aromatic heterocycles. The molecule has 4 heteroatoms. The minimum atomic E-state index is -0.254. The molecule has 2 fully saturated rings. The summed E-state index contributed by atoms with van der Waals surface area (Å²) in [7, 11) is 0. The summed E-state index contributed by atoms with van der Waals surface area (Å²) in [4.78, 5) is 23.2. The number of esters is 2. The molecular formula is C16H22O4. The first-order valence-electron chi connectivity index (χ1n) is 7.61. The molecule has 0 aromatic carbocycles. The second-order valence-corrected chi connectivity index (χ2v) is 6.33. The summed E-state index contributed by atoms with van der Waals surface area (Å²) < 4.78 is 11.1. The fourth-order valence-corrected chi connectivity index (χ4v) is 4.22. The molecule has 0 spiro atoms. The molecule has 1 saturated heterocycles. The predicted molar refractivity (Wildman–Crippen MR) is 72.8 cm³/mol. The number of carbonyl (C=O) groups is 2. The van der Waals surface area contributed by atoms with Gasteiger partial charge in [0.25, 0.3) is 0 Å². The van der Waals surface area contributed by atoms with Gasteiger partial charge >= 0.3 is 11.9 Å². The Morgan fingerprint density at radius 2 is 2.10 bits per heavy atom. The standard InChI is InChI=1S/C16H22O4/c1-9-7-14(19-10(2)17)12-8-15(18)20-13-6-4-3-5-11(9)16(12)13/h12-14,16H,3-8H2,1-2H3/t12-,13+,14+,16-/m1/s1. The van der Waals surface area contributed by atoms with Gasteiger partial charge in [0, 0.05) is 25.2 Å². The van der Waals surface area contributed by atoms with E-state index in [4.69, 9.17) is 9.47 Å². The van der Waals surface area contributed by atoms with Gasteiger partial charge in [-0.25, -0.2) is 0 Å². The normalized spacial score (nSPS) is 36.8. The zero-order valence-electron chi connectivity index (χ0n) is 12.2. The summed E-state index contributed by atoms with van der Waals surface area (Å²) in [5, 5.41) is 0. The van der Waals surface area contributed by atoms with Crippen molar-refractivity contribution in [2.24, 2.45) is 11.8 Å². The first-order valence-corrected chi connectivity index (χ1v) is 7.61. The highest BCUT2D eigenvalue weighted by atomic mass is 16.6. The first-order chi connectivity index (χ1) is 9.56. The van der Waals surface area contributed by atoms with Crippen molar-refractivity contribution >= 4 is 11.9 Å². The number of hydrogen-bond donors (Lipinski definition) is 0. The summed E-state index contributed by atoms with van der Waals surface area (Å²) in [6.45, 7) is 3.58. The van der Waals surface area contributed by atoms with Crippen LogP contribution in [0.2, 0.25) is 0 Å². The highest BCUT2D eigenvalue weighted by Gasteiger charge is 2.48. The van der Waals surface area contributed by atoms with Crippen LogP contribution in [-0.4, -0.2) is 24.1 Å². The Balaban J connectivity index is 1.96. The third-order valence-corrected chi connectivity index (χ3v) is 4.98. The molecule has 4 nitrogen and oxygen atoms in total. The molecule has 3 rings (SSSR count). The van der Waals surface area contributed by atoms with Crippen LogP contribution in [0.4, 0.5) is 0 Å². The van der Waals surface area contributed by atoms with E-state index < -0.39 is 0 Å². The molecule has 20 heavy (non-hydrogen) atoms. The lowest BCUT2D eigenvalue weighted by molar-refractivity contribution is -0.173. The van der Waals surface area contributed by atoms with E-state index >= 15 is 0 Å². The van der Waals surface area contributed by atoms with Crippen molar-refractivity contribution in [3.05, 3.63) is 11.1 Å². The average molecular weight is 278 g/mol. The zero-order valence-corrected chi connectivity index (χ0v) is 12.2. The van der Waals surface area contributed by atoms with Crippen LogP contribution in [0.1, 0.15) is 52.4 Å². The molecule has 0 bridgehead atoms. The average Bonchev–Trinajstić information content (AvgIpc) is 2.57. The molecule has 3 aliphatic rings. The van der Waals surface area contributed by atoms with E-state index in [9.17, 15) is 9.59 Å². The smallest absolute Gasteiger partial charge is 0.306 e. The van der Waals surface area contributed by atoms with Gasteiger partial charge in [-0.1, -0.05) is 11.1 Å². The van der Waals surface area contributed by atoms with Crippen LogP contribution in [0.15, 0.2) is 11.1 Å². The number of ether oxygens (including phenoxy) is 2. The second-order valence-electron chi connectivity index (χ2n) is 6.33. The molecule has 2 aliphatic carbocycles.